The van der Waals surface area contributed by atoms with Gasteiger partial charge in [0, 0.05) is 17.5 Å². The third kappa shape index (κ3) is 5.37. The maximum atomic E-state index is 12.3. The first-order chi connectivity index (χ1) is 11.1. The summed E-state index contributed by atoms with van der Waals surface area (Å²) in [5.74, 6) is -0.105. The predicted molar refractivity (Wildman–Crippen MR) is 84.8 cm³/mol. The molecule has 1 N–H and O–H groups in total. The minimum Gasteiger partial charge on any atom is -0.493 e. The van der Waals surface area contributed by atoms with Crippen LogP contribution in [0.15, 0.2) is 41.8 Å². The maximum absolute atomic E-state index is 12.3. The Morgan fingerprint density at radius 1 is 1.35 bits per heavy atom. The van der Waals surface area contributed by atoms with Gasteiger partial charge in [-0.2, -0.15) is 8.78 Å². The fourth-order valence-electron chi connectivity index (χ4n) is 1.81. The van der Waals surface area contributed by atoms with E-state index >= 15 is 0 Å². The van der Waals surface area contributed by atoms with Crippen molar-refractivity contribution in [3.05, 3.63) is 52.2 Å². The molecule has 0 aliphatic rings. The summed E-state index contributed by atoms with van der Waals surface area (Å²) in [5.41, 5.74) is 0.710. The Kier molecular flexibility index (Phi) is 6.10. The summed E-state index contributed by atoms with van der Waals surface area (Å²) in [6.45, 7) is -2.67. The van der Waals surface area contributed by atoms with E-state index in [1.807, 2.05) is 17.5 Å². The predicted octanol–water partition coefficient (Wildman–Crippen LogP) is 3.69. The molecule has 0 saturated carbocycles. The molecule has 0 bridgehead atoms. The largest absolute Gasteiger partial charge is 0.493 e. The van der Waals surface area contributed by atoms with Gasteiger partial charge >= 0.3 is 6.61 Å². The summed E-state index contributed by atoms with van der Waals surface area (Å²) in [4.78, 5) is 12.7. The summed E-state index contributed by atoms with van der Waals surface area (Å²) in [7, 11) is 1.36. The molecule has 4 nitrogen and oxygen atoms in total. The minimum absolute atomic E-state index is 0.0461. The molecule has 1 aromatic heterocycles. The summed E-state index contributed by atoms with van der Waals surface area (Å²) in [6, 6.07) is 8.32. The van der Waals surface area contributed by atoms with Crippen LogP contribution >= 0.6 is 11.3 Å². The lowest BCUT2D eigenvalue weighted by Crippen LogP contribution is -2.20. The minimum atomic E-state index is -2.92. The zero-order valence-electron chi connectivity index (χ0n) is 12.3. The molecule has 0 spiro atoms. The van der Waals surface area contributed by atoms with Crippen LogP contribution < -0.4 is 14.8 Å². The van der Waals surface area contributed by atoms with Crippen LogP contribution in [0.5, 0.6) is 11.5 Å². The van der Waals surface area contributed by atoms with Crippen LogP contribution in [-0.4, -0.2) is 19.6 Å². The molecule has 0 fully saturated rings. The van der Waals surface area contributed by atoms with Crippen molar-refractivity contribution in [2.45, 2.75) is 13.2 Å². The highest BCUT2D eigenvalue weighted by Crippen LogP contribution is 2.29. The standard InChI is InChI=1S/C16H15F2NO3S/c1-21-14-9-11(4-6-13(14)22-16(17)18)10-19-15(20)7-5-12-3-2-8-23-12/h2-9,16H,10H2,1H3,(H,19,20)/b7-5+. The van der Waals surface area contributed by atoms with E-state index in [1.54, 1.807) is 18.2 Å². The Hall–Kier alpha value is -2.41. The van der Waals surface area contributed by atoms with E-state index in [9.17, 15) is 13.6 Å². The van der Waals surface area contributed by atoms with E-state index in [0.29, 0.717) is 5.56 Å². The Morgan fingerprint density at radius 3 is 2.83 bits per heavy atom. The molecule has 0 atom stereocenters. The fraction of sp³-hybridized carbons (Fsp3) is 0.188. The van der Waals surface area contributed by atoms with Crippen molar-refractivity contribution in [2.24, 2.45) is 0 Å². The molecule has 23 heavy (non-hydrogen) atoms. The van der Waals surface area contributed by atoms with E-state index in [4.69, 9.17) is 4.74 Å². The Bertz CT molecular complexity index is 672. The van der Waals surface area contributed by atoms with Crippen molar-refractivity contribution in [3.63, 3.8) is 0 Å². The van der Waals surface area contributed by atoms with Crippen molar-refractivity contribution in [2.75, 3.05) is 7.11 Å². The lowest BCUT2D eigenvalue weighted by Gasteiger charge is -2.11. The quantitative estimate of drug-likeness (QED) is 0.783. The van der Waals surface area contributed by atoms with Gasteiger partial charge in [-0.15, -0.1) is 11.3 Å². The number of halogens is 2. The number of thiophene rings is 1. The number of ether oxygens (including phenoxy) is 2. The highest BCUT2D eigenvalue weighted by atomic mass is 32.1. The highest BCUT2D eigenvalue weighted by Gasteiger charge is 2.11. The van der Waals surface area contributed by atoms with Crippen molar-refractivity contribution >= 4 is 23.3 Å². The van der Waals surface area contributed by atoms with E-state index in [2.05, 4.69) is 10.1 Å². The lowest BCUT2D eigenvalue weighted by molar-refractivity contribution is -0.116. The Labute approximate surface area is 136 Å². The van der Waals surface area contributed by atoms with Gasteiger partial charge in [-0.05, 0) is 35.2 Å². The smallest absolute Gasteiger partial charge is 0.387 e. The molecule has 2 rings (SSSR count). The number of benzene rings is 1. The number of hydrogen-bond acceptors (Lipinski definition) is 4. The second kappa shape index (κ2) is 8.28. The second-order valence-corrected chi connectivity index (χ2v) is 5.41. The number of nitrogens with one attached hydrogen (secondary N) is 1. The monoisotopic (exact) mass is 339 g/mol. The molecule has 0 saturated heterocycles. The number of carbonyl (C=O) groups is 1. The van der Waals surface area contributed by atoms with Crippen molar-refractivity contribution < 1.29 is 23.0 Å². The summed E-state index contributed by atoms with van der Waals surface area (Å²) in [6.07, 6.45) is 3.16. The van der Waals surface area contributed by atoms with Gasteiger partial charge in [0.25, 0.3) is 0 Å². The van der Waals surface area contributed by atoms with E-state index in [1.165, 1.54) is 30.6 Å². The van der Waals surface area contributed by atoms with E-state index < -0.39 is 6.61 Å². The lowest BCUT2D eigenvalue weighted by atomic mass is 10.2. The van der Waals surface area contributed by atoms with Crippen LogP contribution in [0, 0.1) is 0 Å². The number of alkyl halides is 2. The molecule has 1 heterocycles. The molecular formula is C16H15F2NO3S. The average molecular weight is 339 g/mol. The Balaban J connectivity index is 1.93. The van der Waals surface area contributed by atoms with Gasteiger partial charge in [0.2, 0.25) is 5.91 Å². The third-order valence-corrected chi connectivity index (χ3v) is 3.69. The van der Waals surface area contributed by atoms with Gasteiger partial charge in [0.15, 0.2) is 11.5 Å². The van der Waals surface area contributed by atoms with Gasteiger partial charge in [-0.25, -0.2) is 0 Å². The van der Waals surface area contributed by atoms with Crippen LogP contribution in [0.3, 0.4) is 0 Å². The van der Waals surface area contributed by atoms with Crippen LogP contribution in [0.2, 0.25) is 0 Å². The molecule has 1 amide bonds. The SMILES string of the molecule is COc1cc(CNC(=O)/C=C/c2cccs2)ccc1OC(F)F. The Morgan fingerprint density at radius 2 is 2.17 bits per heavy atom. The second-order valence-electron chi connectivity index (χ2n) is 4.43. The molecule has 122 valence electrons. The van der Waals surface area contributed by atoms with E-state index in [-0.39, 0.29) is 24.0 Å². The van der Waals surface area contributed by atoms with Crippen molar-refractivity contribution in [3.8, 4) is 11.5 Å². The zero-order valence-corrected chi connectivity index (χ0v) is 13.1. The number of amides is 1. The summed E-state index contributed by atoms with van der Waals surface area (Å²) >= 11 is 1.53. The average Bonchev–Trinajstić information content (AvgIpc) is 3.04. The van der Waals surface area contributed by atoms with Crippen LogP contribution in [0.25, 0.3) is 6.08 Å². The molecule has 0 aliphatic heterocycles. The maximum Gasteiger partial charge on any atom is 0.387 e. The molecule has 0 unspecified atom stereocenters. The van der Waals surface area contributed by atoms with Gasteiger partial charge < -0.3 is 14.8 Å². The molecule has 1 aromatic carbocycles. The first-order valence-corrected chi connectivity index (χ1v) is 7.57. The summed E-state index contributed by atoms with van der Waals surface area (Å²) < 4.78 is 33.8. The van der Waals surface area contributed by atoms with Crippen LogP contribution in [0.4, 0.5) is 8.78 Å². The first kappa shape index (κ1) is 17.0. The van der Waals surface area contributed by atoms with Crippen LogP contribution in [-0.2, 0) is 11.3 Å². The fourth-order valence-corrected chi connectivity index (χ4v) is 2.43. The van der Waals surface area contributed by atoms with Gasteiger partial charge in [-0.1, -0.05) is 12.1 Å². The number of methoxy groups -OCH3 is 1. The molecule has 7 heteroatoms. The van der Waals surface area contributed by atoms with Crippen molar-refractivity contribution in [1.29, 1.82) is 0 Å². The van der Waals surface area contributed by atoms with Gasteiger partial charge in [-0.3, -0.25) is 4.79 Å². The molecule has 0 aliphatic carbocycles. The highest BCUT2D eigenvalue weighted by molar-refractivity contribution is 7.10. The zero-order chi connectivity index (χ0) is 16.7. The first-order valence-electron chi connectivity index (χ1n) is 6.69. The number of hydrogen-bond donors (Lipinski definition) is 1. The molecule has 0 radical (unpaired) electrons. The van der Waals surface area contributed by atoms with Crippen molar-refractivity contribution in [1.82, 2.24) is 5.32 Å². The molecule has 2 aromatic rings. The van der Waals surface area contributed by atoms with E-state index in [0.717, 1.165) is 4.88 Å². The summed E-state index contributed by atoms with van der Waals surface area (Å²) in [5, 5.41) is 4.63. The number of carbonyl (C=O) groups excluding carboxylic acids is 1. The van der Waals surface area contributed by atoms with Gasteiger partial charge in [0.05, 0.1) is 7.11 Å². The van der Waals surface area contributed by atoms with Gasteiger partial charge in [0.1, 0.15) is 0 Å². The van der Waals surface area contributed by atoms with Crippen LogP contribution in [0.1, 0.15) is 10.4 Å². The molecular weight excluding hydrogens is 324 g/mol. The topological polar surface area (TPSA) is 47.6 Å². The number of rotatable bonds is 7. The normalized spacial score (nSPS) is 11.0. The third-order valence-electron chi connectivity index (χ3n) is 2.85.